The van der Waals surface area contributed by atoms with E-state index in [1.165, 1.54) is 12.1 Å². The van der Waals surface area contributed by atoms with E-state index >= 15 is 0 Å². The third-order valence-corrected chi connectivity index (χ3v) is 3.59. The second-order valence-corrected chi connectivity index (χ2v) is 4.69. The average Bonchev–Trinajstić information content (AvgIpc) is 2.85. The minimum atomic E-state index is -0.438. The molecular formula is C12H13N3O4. The highest BCUT2D eigenvalue weighted by molar-refractivity contribution is 5.75. The molecule has 3 rings (SSSR count). The molecule has 2 N–H and O–H groups in total. The molecule has 2 saturated heterocycles. The molecule has 7 heteroatoms. The van der Waals surface area contributed by atoms with E-state index in [9.17, 15) is 14.9 Å². The quantitative estimate of drug-likeness (QED) is 0.621. The van der Waals surface area contributed by atoms with E-state index in [4.69, 9.17) is 4.74 Å². The van der Waals surface area contributed by atoms with Crippen LogP contribution < -0.4 is 10.6 Å². The van der Waals surface area contributed by atoms with Crippen LogP contribution in [0.5, 0.6) is 0 Å². The Hall–Kier alpha value is -2.15. The van der Waals surface area contributed by atoms with Crippen molar-refractivity contribution in [3.8, 4) is 0 Å². The molecule has 0 aliphatic carbocycles. The van der Waals surface area contributed by atoms with Gasteiger partial charge in [-0.3, -0.25) is 10.1 Å². The monoisotopic (exact) mass is 263 g/mol. The molecule has 0 unspecified atom stereocenters. The zero-order valence-corrected chi connectivity index (χ0v) is 10.0. The lowest BCUT2D eigenvalue weighted by atomic mass is 9.89. The summed E-state index contributed by atoms with van der Waals surface area (Å²) < 4.78 is 5.46. The van der Waals surface area contributed by atoms with Crippen LogP contribution in [0.4, 0.5) is 10.5 Å². The fourth-order valence-electron chi connectivity index (χ4n) is 2.65. The molecule has 2 aliphatic rings. The lowest BCUT2D eigenvalue weighted by Gasteiger charge is -2.34. The lowest BCUT2D eigenvalue weighted by Crippen LogP contribution is -2.54. The average molecular weight is 263 g/mol. The van der Waals surface area contributed by atoms with Crippen molar-refractivity contribution >= 4 is 11.7 Å². The van der Waals surface area contributed by atoms with Gasteiger partial charge in [-0.05, 0) is 12.0 Å². The zero-order valence-electron chi connectivity index (χ0n) is 10.0. The van der Waals surface area contributed by atoms with Crippen molar-refractivity contribution < 1.29 is 14.5 Å². The number of nitrogens with zero attached hydrogens (tertiary/aromatic N) is 1. The first-order valence-corrected chi connectivity index (χ1v) is 6.08. The summed E-state index contributed by atoms with van der Waals surface area (Å²) in [6.07, 6.45) is 0.577. The van der Waals surface area contributed by atoms with E-state index in [-0.39, 0.29) is 29.9 Å². The highest BCUT2D eigenvalue weighted by Crippen LogP contribution is 2.35. The van der Waals surface area contributed by atoms with Gasteiger partial charge in [0.15, 0.2) is 0 Å². The summed E-state index contributed by atoms with van der Waals surface area (Å²) in [5.41, 5.74) is 0.907. The van der Waals surface area contributed by atoms with Crippen molar-refractivity contribution in [2.24, 2.45) is 5.92 Å². The molecule has 0 saturated carbocycles. The maximum absolute atomic E-state index is 11.6. The molecule has 7 nitrogen and oxygen atoms in total. The van der Waals surface area contributed by atoms with Crippen molar-refractivity contribution in [1.82, 2.24) is 10.6 Å². The maximum Gasteiger partial charge on any atom is 0.317 e. The lowest BCUT2D eigenvalue weighted by molar-refractivity contribution is -0.384. The van der Waals surface area contributed by atoms with Crippen LogP contribution in [-0.2, 0) is 4.74 Å². The van der Waals surface area contributed by atoms with Gasteiger partial charge < -0.3 is 15.4 Å². The third kappa shape index (κ3) is 2.12. The number of fused-ring (bicyclic) bond motifs is 1. The van der Waals surface area contributed by atoms with E-state index < -0.39 is 4.92 Å². The summed E-state index contributed by atoms with van der Waals surface area (Å²) in [7, 11) is 0. The largest absolute Gasteiger partial charge is 0.358 e. The molecule has 0 bridgehead atoms. The first kappa shape index (κ1) is 11.9. The highest BCUT2D eigenvalue weighted by Gasteiger charge is 2.41. The second-order valence-electron chi connectivity index (χ2n) is 4.69. The number of non-ortho nitro benzene ring substituents is 1. The van der Waals surface area contributed by atoms with Crippen LogP contribution in [0.15, 0.2) is 24.3 Å². The predicted octanol–water partition coefficient (Wildman–Crippen LogP) is 1.31. The van der Waals surface area contributed by atoms with Crippen molar-refractivity contribution in [2.45, 2.75) is 18.7 Å². The fraction of sp³-hybridized carbons (Fsp3) is 0.417. The number of nitro groups is 1. The van der Waals surface area contributed by atoms with Crippen LogP contribution in [0.3, 0.4) is 0 Å². The number of ether oxygens (including phenoxy) is 1. The van der Waals surface area contributed by atoms with E-state index in [0.29, 0.717) is 6.61 Å². The molecule has 0 spiro atoms. The molecule has 19 heavy (non-hydrogen) atoms. The maximum atomic E-state index is 11.6. The van der Waals surface area contributed by atoms with Gasteiger partial charge in [0.1, 0.15) is 6.23 Å². The first-order valence-electron chi connectivity index (χ1n) is 6.08. The zero-order chi connectivity index (χ0) is 13.4. The van der Waals surface area contributed by atoms with Crippen molar-refractivity contribution in [2.75, 3.05) is 6.61 Å². The highest BCUT2D eigenvalue weighted by atomic mass is 16.6. The first-order chi connectivity index (χ1) is 9.15. The van der Waals surface area contributed by atoms with Gasteiger partial charge in [0.25, 0.3) is 5.69 Å². The number of carbonyl (C=O) groups is 1. The summed E-state index contributed by atoms with van der Waals surface area (Å²) in [4.78, 5) is 21.7. The van der Waals surface area contributed by atoms with Gasteiger partial charge in [-0.25, -0.2) is 4.79 Å². The van der Waals surface area contributed by atoms with E-state index in [1.54, 1.807) is 12.1 Å². The van der Waals surface area contributed by atoms with Crippen molar-refractivity contribution in [3.05, 3.63) is 39.9 Å². The topological polar surface area (TPSA) is 93.5 Å². The van der Waals surface area contributed by atoms with Gasteiger partial charge in [0.2, 0.25) is 0 Å². The molecular weight excluding hydrogens is 250 g/mol. The molecule has 100 valence electrons. The summed E-state index contributed by atoms with van der Waals surface area (Å²) in [6.45, 7) is 0.612. The van der Waals surface area contributed by atoms with E-state index in [1.807, 2.05) is 0 Å². The molecule has 2 heterocycles. The second kappa shape index (κ2) is 4.51. The van der Waals surface area contributed by atoms with Gasteiger partial charge in [0.05, 0.1) is 11.0 Å². The Balaban J connectivity index is 1.87. The minimum absolute atomic E-state index is 0.0447. The summed E-state index contributed by atoms with van der Waals surface area (Å²) in [6, 6.07) is 5.84. The van der Waals surface area contributed by atoms with Crippen LogP contribution in [0.1, 0.15) is 18.0 Å². The minimum Gasteiger partial charge on any atom is -0.358 e. The Morgan fingerprint density at radius 2 is 2.00 bits per heavy atom. The standard InChI is InChI=1S/C12H13N3O4/c16-12-13-10(9-5-6-19-11(9)14-12)7-1-3-8(4-2-7)15(17)18/h1-4,9-11H,5-6H2,(H2,13,14,16)/t9-,10-,11-/m1/s1. The summed E-state index contributed by atoms with van der Waals surface area (Å²) in [5, 5.41) is 16.2. The number of urea groups is 1. The number of rotatable bonds is 2. The Bertz CT molecular complexity index is 516. The molecule has 1 aromatic carbocycles. The van der Waals surface area contributed by atoms with Gasteiger partial charge in [-0.2, -0.15) is 0 Å². The van der Waals surface area contributed by atoms with E-state index in [0.717, 1.165) is 12.0 Å². The number of benzene rings is 1. The number of carbonyl (C=O) groups excluding carboxylic acids is 1. The van der Waals surface area contributed by atoms with Crippen molar-refractivity contribution in [3.63, 3.8) is 0 Å². The number of nitro benzene ring substituents is 1. The summed E-state index contributed by atoms with van der Waals surface area (Å²) >= 11 is 0. The number of nitrogens with one attached hydrogen (secondary N) is 2. The van der Waals surface area contributed by atoms with Crippen LogP contribution in [-0.4, -0.2) is 23.8 Å². The van der Waals surface area contributed by atoms with Gasteiger partial charge >= 0.3 is 6.03 Å². The van der Waals surface area contributed by atoms with Crippen LogP contribution in [0.2, 0.25) is 0 Å². The molecule has 0 radical (unpaired) electrons. The molecule has 2 amide bonds. The summed E-state index contributed by atoms with van der Waals surface area (Å²) in [5.74, 6) is 0.152. The SMILES string of the molecule is O=C1N[C@@H]2OCC[C@@H]2[C@@H](c2ccc([N+](=O)[O-])cc2)N1. The van der Waals surface area contributed by atoms with Gasteiger partial charge in [-0.1, -0.05) is 12.1 Å². The Morgan fingerprint density at radius 1 is 1.26 bits per heavy atom. The van der Waals surface area contributed by atoms with Crippen molar-refractivity contribution in [1.29, 1.82) is 0 Å². The molecule has 2 aliphatic heterocycles. The Labute approximate surface area is 109 Å². The molecule has 2 fully saturated rings. The van der Waals surface area contributed by atoms with Gasteiger partial charge in [0, 0.05) is 24.7 Å². The van der Waals surface area contributed by atoms with Gasteiger partial charge in [-0.15, -0.1) is 0 Å². The van der Waals surface area contributed by atoms with E-state index in [2.05, 4.69) is 10.6 Å². The van der Waals surface area contributed by atoms with Crippen LogP contribution >= 0.6 is 0 Å². The Kier molecular flexibility index (Phi) is 2.83. The van der Waals surface area contributed by atoms with Crippen LogP contribution in [0, 0.1) is 16.0 Å². The molecule has 0 aromatic heterocycles. The number of hydrogen-bond donors (Lipinski definition) is 2. The third-order valence-electron chi connectivity index (χ3n) is 3.59. The number of amides is 2. The van der Waals surface area contributed by atoms with Crippen LogP contribution in [0.25, 0.3) is 0 Å². The predicted molar refractivity (Wildman–Crippen MR) is 65.4 cm³/mol. The fourth-order valence-corrected chi connectivity index (χ4v) is 2.65. The normalized spacial score (nSPS) is 29.3. The smallest absolute Gasteiger partial charge is 0.317 e. The number of hydrogen-bond acceptors (Lipinski definition) is 4. The molecule has 1 aromatic rings. The molecule has 3 atom stereocenters. The Morgan fingerprint density at radius 3 is 2.68 bits per heavy atom.